The second kappa shape index (κ2) is 6.68. The Morgan fingerprint density at radius 2 is 2.23 bits per heavy atom. The molecule has 0 bridgehead atoms. The van der Waals surface area contributed by atoms with Crippen LogP contribution in [0.5, 0.6) is 0 Å². The fourth-order valence-electron chi connectivity index (χ4n) is 3.20. The Kier molecular flexibility index (Phi) is 4.46. The van der Waals surface area contributed by atoms with Crippen LogP contribution in [0.25, 0.3) is 10.4 Å². The van der Waals surface area contributed by atoms with Gasteiger partial charge in [0.2, 0.25) is 0 Å². The van der Waals surface area contributed by atoms with Crippen LogP contribution in [0.2, 0.25) is 0 Å². The molecule has 0 aliphatic carbocycles. The third-order valence-corrected chi connectivity index (χ3v) is 4.35. The minimum absolute atomic E-state index is 0.0298. The molecule has 22 heavy (non-hydrogen) atoms. The van der Waals surface area contributed by atoms with Crippen molar-refractivity contribution in [2.24, 2.45) is 17.0 Å². The van der Waals surface area contributed by atoms with Crippen LogP contribution in [-0.2, 0) is 16.1 Å². The number of hydrogen-bond acceptors (Lipinski definition) is 4. The highest BCUT2D eigenvalue weighted by Gasteiger charge is 2.47. The Labute approximate surface area is 128 Å². The number of likely N-dealkylation sites (tertiary alicyclic amines) is 1. The van der Waals surface area contributed by atoms with Gasteiger partial charge in [0, 0.05) is 23.9 Å². The molecule has 0 saturated carbocycles. The van der Waals surface area contributed by atoms with Gasteiger partial charge in [-0.2, -0.15) is 0 Å². The van der Waals surface area contributed by atoms with E-state index in [2.05, 4.69) is 10.0 Å². The predicted molar refractivity (Wildman–Crippen MR) is 78.9 cm³/mol. The smallest absolute Gasteiger partial charge is 0.410 e. The first-order valence-electron chi connectivity index (χ1n) is 7.35. The van der Waals surface area contributed by atoms with E-state index >= 15 is 0 Å². The van der Waals surface area contributed by atoms with Crippen molar-refractivity contribution in [2.45, 2.75) is 12.6 Å². The molecule has 7 nitrogen and oxygen atoms in total. The van der Waals surface area contributed by atoms with Crippen LogP contribution in [0.15, 0.2) is 35.4 Å². The van der Waals surface area contributed by atoms with Crippen LogP contribution < -0.4 is 0 Å². The molecule has 2 aliphatic rings. The summed E-state index contributed by atoms with van der Waals surface area (Å²) in [4.78, 5) is 16.9. The lowest BCUT2D eigenvalue weighted by atomic mass is 9.93. The van der Waals surface area contributed by atoms with Crippen LogP contribution in [0.1, 0.15) is 5.56 Å². The van der Waals surface area contributed by atoms with E-state index in [1.165, 1.54) is 0 Å². The van der Waals surface area contributed by atoms with E-state index < -0.39 is 0 Å². The molecular weight excluding hydrogens is 284 g/mol. The van der Waals surface area contributed by atoms with Gasteiger partial charge in [-0.25, -0.2) is 4.79 Å². The molecule has 3 rings (SSSR count). The van der Waals surface area contributed by atoms with Crippen molar-refractivity contribution in [3.8, 4) is 0 Å². The number of nitrogens with zero attached hydrogens (tertiary/aromatic N) is 4. The number of azide groups is 1. The third-order valence-electron chi connectivity index (χ3n) is 4.35. The van der Waals surface area contributed by atoms with E-state index in [1.807, 2.05) is 30.3 Å². The molecule has 2 saturated heterocycles. The molecule has 0 radical (unpaired) electrons. The van der Waals surface area contributed by atoms with Gasteiger partial charge in [-0.15, -0.1) is 0 Å². The van der Waals surface area contributed by atoms with Gasteiger partial charge in [-0.3, -0.25) is 0 Å². The lowest BCUT2D eigenvalue weighted by Gasteiger charge is -2.22. The molecule has 116 valence electrons. The Bertz CT molecular complexity index is 573. The Hall–Kier alpha value is -2.24. The van der Waals surface area contributed by atoms with Gasteiger partial charge >= 0.3 is 6.09 Å². The molecule has 2 aliphatic heterocycles. The van der Waals surface area contributed by atoms with Gasteiger partial charge in [0.1, 0.15) is 6.61 Å². The van der Waals surface area contributed by atoms with Gasteiger partial charge in [-0.05, 0) is 17.0 Å². The van der Waals surface area contributed by atoms with Gasteiger partial charge in [0.05, 0.1) is 19.3 Å². The number of carbonyl (C=O) groups excluding carboxylic acids is 1. The molecule has 0 unspecified atom stereocenters. The molecule has 2 fully saturated rings. The quantitative estimate of drug-likeness (QED) is 0.486. The van der Waals surface area contributed by atoms with E-state index in [4.69, 9.17) is 15.0 Å². The second-order valence-corrected chi connectivity index (χ2v) is 5.63. The van der Waals surface area contributed by atoms with Crippen LogP contribution >= 0.6 is 0 Å². The minimum Gasteiger partial charge on any atom is -0.445 e. The minimum atomic E-state index is -0.326. The average molecular weight is 302 g/mol. The third kappa shape index (κ3) is 3.00. The summed E-state index contributed by atoms with van der Waals surface area (Å²) >= 11 is 0. The maximum Gasteiger partial charge on any atom is 0.410 e. The standard InChI is InChI=1S/C15H18N4O3/c16-18-17-6-12-7-19(14-10-21-9-13(12)14)15(20)22-8-11-4-2-1-3-5-11/h1-5,12-14H,6-10H2/t12-,13+,14+/m0/s1. The van der Waals surface area contributed by atoms with Crippen LogP contribution in [-0.4, -0.2) is 43.3 Å². The summed E-state index contributed by atoms with van der Waals surface area (Å²) in [5.74, 6) is 0.377. The van der Waals surface area contributed by atoms with Crippen LogP contribution in [0.4, 0.5) is 4.79 Å². The fourth-order valence-corrected chi connectivity index (χ4v) is 3.20. The summed E-state index contributed by atoms with van der Waals surface area (Å²) in [7, 11) is 0. The van der Waals surface area contributed by atoms with Crippen molar-refractivity contribution in [1.82, 2.24) is 4.90 Å². The highest BCUT2D eigenvalue weighted by molar-refractivity contribution is 5.68. The van der Waals surface area contributed by atoms with Gasteiger partial charge in [-0.1, -0.05) is 35.4 Å². The highest BCUT2D eigenvalue weighted by atomic mass is 16.6. The molecule has 0 N–H and O–H groups in total. The number of hydrogen-bond donors (Lipinski definition) is 0. The molecular formula is C15H18N4O3. The first kappa shape index (κ1) is 14.7. The Morgan fingerprint density at radius 1 is 1.41 bits per heavy atom. The normalized spacial score (nSPS) is 26.4. The topological polar surface area (TPSA) is 87.5 Å². The number of benzene rings is 1. The van der Waals surface area contributed by atoms with Crippen molar-refractivity contribution in [3.05, 3.63) is 46.3 Å². The number of fused-ring (bicyclic) bond motifs is 1. The summed E-state index contributed by atoms with van der Waals surface area (Å²) in [6.45, 7) is 2.35. The number of ether oxygens (including phenoxy) is 2. The zero-order valence-electron chi connectivity index (χ0n) is 12.2. The summed E-state index contributed by atoms with van der Waals surface area (Å²) in [5.41, 5.74) is 9.43. The molecule has 2 heterocycles. The van der Waals surface area contributed by atoms with E-state index in [9.17, 15) is 4.79 Å². The molecule has 0 aromatic heterocycles. The number of carbonyl (C=O) groups is 1. The summed E-state index contributed by atoms with van der Waals surface area (Å²) < 4.78 is 10.9. The van der Waals surface area contributed by atoms with Crippen molar-refractivity contribution >= 4 is 6.09 Å². The number of amides is 1. The number of rotatable bonds is 4. The molecule has 0 spiro atoms. The fraction of sp³-hybridized carbons (Fsp3) is 0.533. The predicted octanol–water partition coefficient (Wildman–Crippen LogP) is 2.58. The van der Waals surface area contributed by atoms with Crippen molar-refractivity contribution in [2.75, 3.05) is 26.3 Å². The van der Waals surface area contributed by atoms with Crippen molar-refractivity contribution in [3.63, 3.8) is 0 Å². The van der Waals surface area contributed by atoms with Crippen molar-refractivity contribution < 1.29 is 14.3 Å². The molecule has 1 aromatic rings. The molecule has 1 aromatic carbocycles. The lowest BCUT2D eigenvalue weighted by molar-refractivity contribution is 0.0808. The molecule has 3 atom stereocenters. The average Bonchev–Trinajstić information content (AvgIpc) is 3.14. The van der Waals surface area contributed by atoms with E-state index in [0.717, 1.165) is 5.56 Å². The van der Waals surface area contributed by atoms with Gasteiger partial charge in [0.15, 0.2) is 0 Å². The maximum absolute atomic E-state index is 12.3. The van der Waals surface area contributed by atoms with E-state index in [0.29, 0.717) is 26.3 Å². The zero-order chi connectivity index (χ0) is 15.4. The highest BCUT2D eigenvalue weighted by Crippen LogP contribution is 2.35. The SMILES string of the molecule is [N-]=[N+]=NC[C@H]1CN(C(=O)OCc2ccccc2)[C@@H]2COC[C@H]12. The maximum atomic E-state index is 12.3. The first-order chi connectivity index (χ1) is 10.8. The van der Waals surface area contributed by atoms with Crippen molar-refractivity contribution in [1.29, 1.82) is 0 Å². The summed E-state index contributed by atoms with van der Waals surface area (Å²) in [6.07, 6.45) is -0.326. The van der Waals surface area contributed by atoms with Gasteiger partial charge in [0.25, 0.3) is 0 Å². The molecule has 1 amide bonds. The molecule has 7 heteroatoms. The Morgan fingerprint density at radius 3 is 3.00 bits per heavy atom. The monoisotopic (exact) mass is 302 g/mol. The van der Waals surface area contributed by atoms with E-state index in [1.54, 1.807) is 4.90 Å². The lowest BCUT2D eigenvalue weighted by Crippen LogP contribution is -2.38. The summed E-state index contributed by atoms with van der Waals surface area (Å²) in [5, 5.41) is 3.65. The Balaban J connectivity index is 1.61. The largest absolute Gasteiger partial charge is 0.445 e. The first-order valence-corrected chi connectivity index (χ1v) is 7.35. The van der Waals surface area contributed by atoms with Gasteiger partial charge < -0.3 is 14.4 Å². The van der Waals surface area contributed by atoms with Crippen LogP contribution in [0, 0.1) is 11.8 Å². The second-order valence-electron chi connectivity index (χ2n) is 5.63. The zero-order valence-corrected chi connectivity index (χ0v) is 12.2. The van der Waals surface area contributed by atoms with E-state index in [-0.39, 0.29) is 30.6 Å². The summed E-state index contributed by atoms with van der Waals surface area (Å²) in [6, 6.07) is 9.62. The van der Waals surface area contributed by atoms with Crippen LogP contribution in [0.3, 0.4) is 0 Å².